The predicted molar refractivity (Wildman–Crippen MR) is 90.4 cm³/mol. The molecule has 0 saturated heterocycles. The summed E-state index contributed by atoms with van der Waals surface area (Å²) in [6.07, 6.45) is 1.23. The number of anilines is 1. The zero-order valence-electron chi connectivity index (χ0n) is 12.0. The van der Waals surface area contributed by atoms with Crippen LogP contribution in [0.25, 0.3) is 20.8 Å². The van der Waals surface area contributed by atoms with E-state index in [4.69, 9.17) is 4.74 Å². The molecule has 0 fully saturated rings. The number of aromatic nitrogens is 1. The Hall–Kier alpha value is -2.66. The van der Waals surface area contributed by atoms with Crippen LogP contribution in [0.3, 0.4) is 0 Å². The summed E-state index contributed by atoms with van der Waals surface area (Å²) in [4.78, 5) is 16.2. The highest BCUT2D eigenvalue weighted by atomic mass is 32.1. The van der Waals surface area contributed by atoms with Crippen LogP contribution in [0.5, 0.6) is 5.75 Å². The second kappa shape index (κ2) is 5.99. The third-order valence-electron chi connectivity index (χ3n) is 3.18. The number of nitrogens with one attached hydrogen (secondary N) is 1. The molecule has 3 rings (SSSR count). The van der Waals surface area contributed by atoms with Crippen LogP contribution < -0.4 is 10.1 Å². The Bertz CT molecular complexity index is 822. The van der Waals surface area contributed by atoms with Gasteiger partial charge in [-0.3, -0.25) is 4.79 Å². The SMILES string of the molecule is C=CC(=O)Nc1cc(-c2nc3ccccc3s2)ccc1OC. The number of carbonyl (C=O) groups excluding carboxylic acids is 1. The van der Waals surface area contributed by atoms with Gasteiger partial charge in [-0.2, -0.15) is 0 Å². The first-order valence-electron chi connectivity index (χ1n) is 6.68. The highest BCUT2D eigenvalue weighted by molar-refractivity contribution is 7.21. The molecule has 0 unspecified atom stereocenters. The Balaban J connectivity index is 2.04. The van der Waals surface area contributed by atoms with Gasteiger partial charge in [-0.25, -0.2) is 4.98 Å². The third kappa shape index (κ3) is 2.71. The number of hydrogen-bond donors (Lipinski definition) is 1. The molecule has 1 heterocycles. The summed E-state index contributed by atoms with van der Waals surface area (Å²) in [6.45, 7) is 3.46. The van der Waals surface area contributed by atoms with Gasteiger partial charge >= 0.3 is 0 Å². The fraction of sp³-hybridized carbons (Fsp3) is 0.0588. The first-order chi connectivity index (χ1) is 10.7. The van der Waals surface area contributed by atoms with Gasteiger partial charge in [0.1, 0.15) is 10.8 Å². The van der Waals surface area contributed by atoms with E-state index in [-0.39, 0.29) is 5.91 Å². The van der Waals surface area contributed by atoms with Crippen LogP contribution in [0.4, 0.5) is 5.69 Å². The number of methoxy groups -OCH3 is 1. The highest BCUT2D eigenvalue weighted by Gasteiger charge is 2.11. The van der Waals surface area contributed by atoms with E-state index in [2.05, 4.69) is 16.9 Å². The van der Waals surface area contributed by atoms with Crippen molar-refractivity contribution in [2.45, 2.75) is 0 Å². The van der Waals surface area contributed by atoms with E-state index in [9.17, 15) is 4.79 Å². The highest BCUT2D eigenvalue weighted by Crippen LogP contribution is 2.34. The monoisotopic (exact) mass is 310 g/mol. The van der Waals surface area contributed by atoms with Crippen molar-refractivity contribution in [2.75, 3.05) is 12.4 Å². The summed E-state index contributed by atoms with van der Waals surface area (Å²) in [7, 11) is 1.57. The lowest BCUT2D eigenvalue weighted by molar-refractivity contribution is -0.111. The molecule has 5 heteroatoms. The van der Waals surface area contributed by atoms with Gasteiger partial charge in [0.05, 0.1) is 23.0 Å². The Labute approximate surface area is 132 Å². The molecular formula is C17H14N2O2S. The molecule has 0 spiro atoms. The van der Waals surface area contributed by atoms with Gasteiger partial charge in [-0.05, 0) is 36.4 Å². The van der Waals surface area contributed by atoms with E-state index < -0.39 is 0 Å². The van der Waals surface area contributed by atoms with E-state index in [0.29, 0.717) is 11.4 Å². The maximum absolute atomic E-state index is 11.5. The molecule has 0 radical (unpaired) electrons. The number of rotatable bonds is 4. The number of amides is 1. The normalized spacial score (nSPS) is 10.4. The lowest BCUT2D eigenvalue weighted by Gasteiger charge is -2.10. The number of ether oxygens (including phenoxy) is 1. The minimum absolute atomic E-state index is 0.278. The zero-order chi connectivity index (χ0) is 15.5. The molecule has 0 bridgehead atoms. The van der Waals surface area contributed by atoms with Crippen molar-refractivity contribution in [2.24, 2.45) is 0 Å². The Morgan fingerprint density at radius 1 is 1.32 bits per heavy atom. The third-order valence-corrected chi connectivity index (χ3v) is 4.27. The van der Waals surface area contributed by atoms with Gasteiger partial charge in [-0.15, -0.1) is 11.3 Å². The van der Waals surface area contributed by atoms with Gasteiger partial charge in [0.25, 0.3) is 0 Å². The molecule has 2 aromatic carbocycles. The number of benzene rings is 2. The largest absolute Gasteiger partial charge is 0.495 e. The maximum Gasteiger partial charge on any atom is 0.247 e. The van der Waals surface area contributed by atoms with Crippen molar-refractivity contribution in [1.29, 1.82) is 0 Å². The van der Waals surface area contributed by atoms with Crippen LogP contribution in [0.1, 0.15) is 0 Å². The molecule has 3 aromatic rings. The van der Waals surface area contributed by atoms with E-state index in [1.165, 1.54) is 6.08 Å². The standard InChI is InChI=1S/C17H14N2O2S/c1-3-16(20)18-13-10-11(8-9-14(13)21-2)17-19-12-6-4-5-7-15(12)22-17/h3-10H,1H2,2H3,(H,18,20). The van der Waals surface area contributed by atoms with Crippen molar-refractivity contribution < 1.29 is 9.53 Å². The van der Waals surface area contributed by atoms with Crippen molar-refractivity contribution in [3.63, 3.8) is 0 Å². The maximum atomic E-state index is 11.5. The van der Waals surface area contributed by atoms with E-state index in [0.717, 1.165) is 20.8 Å². The molecule has 1 amide bonds. The second-order valence-corrected chi connectivity index (χ2v) is 5.63. The molecule has 0 aliphatic heterocycles. The fourth-order valence-corrected chi connectivity index (χ4v) is 3.08. The molecule has 1 N–H and O–H groups in total. The second-order valence-electron chi connectivity index (χ2n) is 4.60. The quantitative estimate of drug-likeness (QED) is 0.738. The van der Waals surface area contributed by atoms with E-state index >= 15 is 0 Å². The summed E-state index contributed by atoms with van der Waals surface area (Å²) in [6, 6.07) is 13.6. The zero-order valence-corrected chi connectivity index (χ0v) is 12.8. The predicted octanol–water partition coefficient (Wildman–Crippen LogP) is 4.10. The number of thiazole rings is 1. The number of carbonyl (C=O) groups is 1. The van der Waals surface area contributed by atoms with Gasteiger partial charge in [0.15, 0.2) is 0 Å². The van der Waals surface area contributed by atoms with Gasteiger partial charge < -0.3 is 10.1 Å². The first kappa shape index (κ1) is 14.3. The first-order valence-corrected chi connectivity index (χ1v) is 7.50. The molecule has 110 valence electrons. The van der Waals surface area contributed by atoms with Crippen LogP contribution >= 0.6 is 11.3 Å². The summed E-state index contributed by atoms with van der Waals surface area (Å²) in [5.41, 5.74) is 2.50. The number of fused-ring (bicyclic) bond motifs is 1. The molecule has 4 nitrogen and oxygen atoms in total. The van der Waals surface area contributed by atoms with Crippen LogP contribution in [0.2, 0.25) is 0 Å². The van der Waals surface area contributed by atoms with Crippen molar-refractivity contribution >= 4 is 33.1 Å². The molecule has 0 aliphatic carbocycles. The Morgan fingerprint density at radius 3 is 2.86 bits per heavy atom. The summed E-state index contributed by atoms with van der Waals surface area (Å²) < 4.78 is 6.40. The Kier molecular flexibility index (Phi) is 3.89. The van der Waals surface area contributed by atoms with Crippen molar-refractivity contribution in [1.82, 2.24) is 4.98 Å². The van der Waals surface area contributed by atoms with Crippen LogP contribution in [-0.2, 0) is 4.79 Å². The van der Waals surface area contributed by atoms with Gasteiger partial charge in [0, 0.05) is 5.56 Å². The lowest BCUT2D eigenvalue weighted by atomic mass is 10.2. The molecule has 0 aliphatic rings. The molecule has 0 saturated carbocycles. The van der Waals surface area contributed by atoms with Crippen LogP contribution in [0.15, 0.2) is 55.1 Å². The van der Waals surface area contributed by atoms with Gasteiger partial charge in [0.2, 0.25) is 5.91 Å². The molecule has 22 heavy (non-hydrogen) atoms. The van der Waals surface area contributed by atoms with Crippen molar-refractivity contribution in [3.05, 3.63) is 55.1 Å². The average molecular weight is 310 g/mol. The van der Waals surface area contributed by atoms with Crippen LogP contribution in [0, 0.1) is 0 Å². The van der Waals surface area contributed by atoms with E-state index in [1.54, 1.807) is 18.4 Å². The topological polar surface area (TPSA) is 51.2 Å². The van der Waals surface area contributed by atoms with Crippen LogP contribution in [-0.4, -0.2) is 18.0 Å². The number of hydrogen-bond acceptors (Lipinski definition) is 4. The minimum atomic E-state index is -0.278. The summed E-state index contributed by atoms with van der Waals surface area (Å²) in [5.74, 6) is 0.319. The molecule has 0 atom stereocenters. The number of nitrogens with zero attached hydrogens (tertiary/aromatic N) is 1. The van der Waals surface area contributed by atoms with Crippen molar-refractivity contribution in [3.8, 4) is 16.3 Å². The summed E-state index contributed by atoms with van der Waals surface area (Å²) >= 11 is 1.61. The fourth-order valence-electron chi connectivity index (χ4n) is 2.12. The molecular weight excluding hydrogens is 296 g/mol. The van der Waals surface area contributed by atoms with Gasteiger partial charge in [-0.1, -0.05) is 18.7 Å². The van der Waals surface area contributed by atoms with E-state index in [1.807, 2.05) is 42.5 Å². The lowest BCUT2D eigenvalue weighted by Crippen LogP contribution is -2.08. The minimum Gasteiger partial charge on any atom is -0.495 e. The number of para-hydroxylation sites is 1. The average Bonchev–Trinajstić information content (AvgIpc) is 2.98. The molecule has 1 aromatic heterocycles. The summed E-state index contributed by atoms with van der Waals surface area (Å²) in [5, 5.41) is 3.65. The Morgan fingerprint density at radius 2 is 2.14 bits per heavy atom. The smallest absolute Gasteiger partial charge is 0.247 e.